The lowest BCUT2D eigenvalue weighted by molar-refractivity contribution is 0.0847. The molecule has 0 spiro atoms. The fourth-order valence-electron chi connectivity index (χ4n) is 2.81. The predicted molar refractivity (Wildman–Crippen MR) is 91.3 cm³/mol. The van der Waals surface area contributed by atoms with Gasteiger partial charge in [0.2, 0.25) is 0 Å². The lowest BCUT2D eigenvalue weighted by atomic mass is 9.96. The number of hydrogen-bond acceptors (Lipinski definition) is 4. The maximum atomic E-state index is 12.7. The fourth-order valence-corrected chi connectivity index (χ4v) is 3.15. The first-order chi connectivity index (χ1) is 11.5. The molecular weight excluding hydrogens is 351 g/mol. The van der Waals surface area contributed by atoms with Gasteiger partial charge < -0.3 is 9.15 Å². The number of halogens is 2. The highest BCUT2D eigenvalue weighted by Crippen LogP contribution is 2.35. The second kappa shape index (κ2) is 5.65. The van der Waals surface area contributed by atoms with Crippen molar-refractivity contribution < 1.29 is 13.9 Å². The maximum Gasteiger partial charge on any atom is 0.199 e. The zero-order valence-corrected chi connectivity index (χ0v) is 13.7. The molecule has 0 fully saturated rings. The number of fused-ring (bicyclic) bond motifs is 2. The molecule has 0 amide bonds. The van der Waals surface area contributed by atoms with Gasteiger partial charge >= 0.3 is 0 Å². The number of ketones is 1. The Labute approximate surface area is 146 Å². The van der Waals surface area contributed by atoms with Crippen LogP contribution in [0.1, 0.15) is 28.4 Å². The van der Waals surface area contributed by atoms with Crippen LogP contribution in [0.15, 0.2) is 51.9 Å². The Hall–Kier alpha value is -2.30. The summed E-state index contributed by atoms with van der Waals surface area (Å²) in [6.07, 6.45) is 0.688. The normalized spacial score (nSPS) is 16.8. The molecule has 0 saturated carbocycles. The van der Waals surface area contributed by atoms with E-state index >= 15 is 0 Å². The summed E-state index contributed by atoms with van der Waals surface area (Å²) >= 11 is 11.9. The number of ether oxygens (including phenoxy) is 1. The van der Waals surface area contributed by atoms with Crippen LogP contribution in [-0.2, 0) is 0 Å². The third-order valence-corrected chi connectivity index (χ3v) is 4.46. The van der Waals surface area contributed by atoms with Crippen molar-refractivity contribution in [3.8, 4) is 5.75 Å². The molecule has 3 aromatic rings. The molecule has 1 aliphatic rings. The van der Waals surface area contributed by atoms with E-state index < -0.39 is 6.10 Å². The third-order valence-electron chi connectivity index (χ3n) is 3.99. The van der Waals surface area contributed by atoms with Crippen LogP contribution in [0.25, 0.3) is 11.0 Å². The summed E-state index contributed by atoms with van der Waals surface area (Å²) in [7, 11) is 0. The average molecular weight is 361 g/mol. The second-order valence-electron chi connectivity index (χ2n) is 5.53. The molecule has 1 unspecified atom stereocenters. The summed E-state index contributed by atoms with van der Waals surface area (Å²) in [6.45, 7) is 0. The number of carbonyl (C=O) groups is 1. The minimum atomic E-state index is -0.703. The highest BCUT2D eigenvalue weighted by atomic mass is 35.5. The Morgan fingerprint density at radius 1 is 1.00 bits per heavy atom. The number of benzene rings is 2. The molecule has 0 radical (unpaired) electrons. The molecule has 1 atom stereocenters. The van der Waals surface area contributed by atoms with Gasteiger partial charge in [-0.3, -0.25) is 9.59 Å². The van der Waals surface area contributed by atoms with Gasteiger partial charge in [-0.15, -0.1) is 0 Å². The van der Waals surface area contributed by atoms with E-state index in [1.807, 2.05) is 0 Å². The minimum Gasteiger partial charge on any atom is -0.484 e. The molecule has 4 rings (SSSR count). The van der Waals surface area contributed by atoms with Crippen molar-refractivity contribution in [2.45, 2.75) is 12.5 Å². The van der Waals surface area contributed by atoms with Gasteiger partial charge in [0, 0.05) is 10.0 Å². The van der Waals surface area contributed by atoms with Crippen LogP contribution in [0.5, 0.6) is 5.75 Å². The Morgan fingerprint density at radius 2 is 1.75 bits per heavy atom. The highest BCUT2D eigenvalue weighted by Gasteiger charge is 2.30. The summed E-state index contributed by atoms with van der Waals surface area (Å²) in [4.78, 5) is 25.1. The lowest BCUT2D eigenvalue weighted by Gasteiger charge is -2.25. The molecule has 1 aromatic heterocycles. The van der Waals surface area contributed by atoms with Crippen LogP contribution in [0.4, 0.5) is 0 Å². The zero-order valence-electron chi connectivity index (χ0n) is 12.2. The third kappa shape index (κ3) is 2.48. The molecule has 2 aromatic carbocycles. The summed E-state index contributed by atoms with van der Waals surface area (Å²) in [5.41, 5.74) is 0.891. The number of rotatable bonds is 1. The van der Waals surface area contributed by atoms with Crippen LogP contribution in [0, 0.1) is 0 Å². The highest BCUT2D eigenvalue weighted by molar-refractivity contribution is 6.31. The molecule has 4 nitrogen and oxygen atoms in total. The second-order valence-corrected chi connectivity index (χ2v) is 6.41. The van der Waals surface area contributed by atoms with Gasteiger partial charge in [-0.1, -0.05) is 23.2 Å². The Bertz CT molecular complexity index is 1040. The standard InChI is InChI=1S/C18H10Cl2O4/c19-9-2-4-16-11(5-9)14(21)7-17(24-16)13-8-23-15-3-1-10(20)6-12(15)18(13)22/h1-6,8,17H,7H2. The zero-order chi connectivity index (χ0) is 16.8. The monoisotopic (exact) mass is 360 g/mol. The van der Waals surface area contributed by atoms with Crippen LogP contribution in [0.3, 0.4) is 0 Å². The first-order valence-corrected chi connectivity index (χ1v) is 7.99. The largest absolute Gasteiger partial charge is 0.484 e. The molecule has 120 valence electrons. The van der Waals surface area contributed by atoms with Crippen molar-refractivity contribution in [3.63, 3.8) is 0 Å². The number of Topliss-reactive ketones (excluding diaryl/α,β-unsaturated/α-hetero) is 1. The first kappa shape index (κ1) is 15.2. The van der Waals surface area contributed by atoms with Crippen LogP contribution in [-0.4, -0.2) is 5.78 Å². The Morgan fingerprint density at radius 3 is 2.58 bits per heavy atom. The van der Waals surface area contributed by atoms with Crippen molar-refractivity contribution in [1.82, 2.24) is 0 Å². The van der Waals surface area contributed by atoms with Gasteiger partial charge in [-0.25, -0.2) is 0 Å². The molecule has 6 heteroatoms. The van der Waals surface area contributed by atoms with Crippen LogP contribution < -0.4 is 10.2 Å². The van der Waals surface area contributed by atoms with Gasteiger partial charge in [0.05, 0.1) is 22.9 Å². The van der Waals surface area contributed by atoms with Crippen molar-refractivity contribution in [2.24, 2.45) is 0 Å². The number of hydrogen-bond donors (Lipinski definition) is 0. The van der Waals surface area contributed by atoms with Crippen LogP contribution >= 0.6 is 23.2 Å². The average Bonchev–Trinajstić information content (AvgIpc) is 2.56. The molecule has 0 aliphatic carbocycles. The molecule has 1 aliphatic heterocycles. The molecule has 2 heterocycles. The van der Waals surface area contributed by atoms with Gasteiger partial charge in [-0.2, -0.15) is 0 Å². The quantitative estimate of drug-likeness (QED) is 0.624. The first-order valence-electron chi connectivity index (χ1n) is 7.23. The van der Waals surface area contributed by atoms with E-state index in [0.29, 0.717) is 37.9 Å². The SMILES string of the molecule is O=C1CC(c2coc3ccc(Cl)cc3c2=O)Oc2ccc(Cl)cc21. The van der Waals surface area contributed by atoms with Crippen LogP contribution in [0.2, 0.25) is 10.0 Å². The summed E-state index contributed by atoms with van der Waals surface area (Å²) in [6, 6.07) is 9.66. The molecule has 0 saturated heterocycles. The van der Waals surface area contributed by atoms with E-state index in [2.05, 4.69) is 0 Å². The van der Waals surface area contributed by atoms with E-state index in [4.69, 9.17) is 32.4 Å². The molecule has 0 bridgehead atoms. The summed E-state index contributed by atoms with van der Waals surface area (Å²) in [5.74, 6) is 0.278. The van der Waals surface area contributed by atoms with Gasteiger partial charge in [0.15, 0.2) is 11.2 Å². The predicted octanol–water partition coefficient (Wildman–Crippen LogP) is 4.81. The van der Waals surface area contributed by atoms with Crippen molar-refractivity contribution in [1.29, 1.82) is 0 Å². The van der Waals surface area contributed by atoms with E-state index in [1.54, 1.807) is 36.4 Å². The number of carbonyl (C=O) groups excluding carboxylic acids is 1. The molecule has 0 N–H and O–H groups in total. The summed E-state index contributed by atoms with van der Waals surface area (Å²) < 4.78 is 11.3. The Kier molecular flexibility index (Phi) is 3.59. The van der Waals surface area contributed by atoms with E-state index in [1.165, 1.54) is 6.26 Å². The van der Waals surface area contributed by atoms with Gasteiger partial charge in [0.25, 0.3) is 0 Å². The lowest BCUT2D eigenvalue weighted by Crippen LogP contribution is -2.25. The van der Waals surface area contributed by atoms with E-state index in [0.717, 1.165) is 0 Å². The maximum absolute atomic E-state index is 12.7. The molecular formula is C18H10Cl2O4. The fraction of sp³-hybridized carbons (Fsp3) is 0.111. The minimum absolute atomic E-state index is 0.0458. The van der Waals surface area contributed by atoms with Gasteiger partial charge in [0.1, 0.15) is 23.7 Å². The smallest absolute Gasteiger partial charge is 0.199 e. The van der Waals surface area contributed by atoms with Crippen molar-refractivity contribution in [2.75, 3.05) is 0 Å². The van der Waals surface area contributed by atoms with Crippen molar-refractivity contribution in [3.05, 3.63) is 74.1 Å². The topological polar surface area (TPSA) is 56.5 Å². The Balaban J connectivity index is 1.81. The van der Waals surface area contributed by atoms with Gasteiger partial charge in [-0.05, 0) is 36.4 Å². The summed E-state index contributed by atoms with van der Waals surface area (Å²) in [5, 5.41) is 1.26. The van der Waals surface area contributed by atoms with E-state index in [-0.39, 0.29) is 17.6 Å². The van der Waals surface area contributed by atoms with E-state index in [9.17, 15) is 9.59 Å². The molecule has 24 heavy (non-hydrogen) atoms. The van der Waals surface area contributed by atoms with Crippen molar-refractivity contribution >= 4 is 40.0 Å².